The summed E-state index contributed by atoms with van der Waals surface area (Å²) in [5, 5.41) is 7.21. The van der Waals surface area contributed by atoms with Crippen molar-refractivity contribution in [1.29, 1.82) is 0 Å². The van der Waals surface area contributed by atoms with Crippen LogP contribution in [-0.2, 0) is 4.79 Å². The first-order valence-electron chi connectivity index (χ1n) is 7.72. The number of amides is 1. The van der Waals surface area contributed by atoms with E-state index in [1.54, 1.807) is 29.0 Å². The molecule has 24 heavy (non-hydrogen) atoms. The van der Waals surface area contributed by atoms with Crippen LogP contribution < -0.4 is 5.32 Å². The SMILES string of the molecule is CC(C)C(=O)N[C@@H](C)c1nc2cc(-c3ccc(F)cc3)ncn2n1. The molecule has 0 bridgehead atoms. The first kappa shape index (κ1) is 16.0. The number of nitrogens with one attached hydrogen (secondary N) is 1. The number of halogens is 1. The van der Waals surface area contributed by atoms with E-state index in [0.717, 1.165) is 5.56 Å². The standard InChI is InChI=1S/C17H18FN5O/c1-10(2)17(24)20-11(3)16-21-15-8-14(19-9-23(15)22-16)12-4-6-13(18)7-5-12/h4-11H,1-3H3,(H,20,24)/t11-/m0/s1. The van der Waals surface area contributed by atoms with E-state index in [-0.39, 0.29) is 23.7 Å². The quantitative estimate of drug-likeness (QED) is 0.800. The third-order valence-corrected chi connectivity index (χ3v) is 3.66. The van der Waals surface area contributed by atoms with Crippen LogP contribution >= 0.6 is 0 Å². The summed E-state index contributed by atoms with van der Waals surface area (Å²) in [6, 6.07) is 7.59. The number of fused-ring (bicyclic) bond motifs is 1. The largest absolute Gasteiger partial charge is 0.346 e. The molecule has 1 N–H and O–H groups in total. The Labute approximate surface area is 138 Å². The number of rotatable bonds is 4. The number of hydrogen-bond acceptors (Lipinski definition) is 4. The number of carbonyl (C=O) groups is 1. The Kier molecular flexibility index (Phi) is 4.24. The molecule has 0 unspecified atom stereocenters. The minimum atomic E-state index is -0.297. The number of aromatic nitrogens is 4. The predicted molar refractivity (Wildman–Crippen MR) is 87.6 cm³/mol. The van der Waals surface area contributed by atoms with E-state index in [1.807, 2.05) is 20.8 Å². The monoisotopic (exact) mass is 327 g/mol. The van der Waals surface area contributed by atoms with Gasteiger partial charge < -0.3 is 5.32 Å². The molecule has 2 aromatic heterocycles. The fourth-order valence-corrected chi connectivity index (χ4v) is 2.22. The van der Waals surface area contributed by atoms with Crippen molar-refractivity contribution in [2.75, 3.05) is 0 Å². The summed E-state index contributed by atoms with van der Waals surface area (Å²) in [5.41, 5.74) is 2.09. The molecule has 0 spiro atoms. The van der Waals surface area contributed by atoms with Crippen molar-refractivity contribution in [1.82, 2.24) is 24.9 Å². The average Bonchev–Trinajstić information content (AvgIpc) is 2.98. The number of hydrogen-bond donors (Lipinski definition) is 1. The van der Waals surface area contributed by atoms with Crippen molar-refractivity contribution >= 4 is 11.6 Å². The van der Waals surface area contributed by atoms with Gasteiger partial charge in [0, 0.05) is 17.5 Å². The first-order valence-corrected chi connectivity index (χ1v) is 7.72. The van der Waals surface area contributed by atoms with Crippen LogP contribution in [0.4, 0.5) is 4.39 Å². The van der Waals surface area contributed by atoms with Crippen LogP contribution in [0.5, 0.6) is 0 Å². The molecule has 7 heteroatoms. The van der Waals surface area contributed by atoms with Crippen LogP contribution in [0.1, 0.15) is 32.6 Å². The van der Waals surface area contributed by atoms with Gasteiger partial charge in [0.05, 0.1) is 11.7 Å². The Morgan fingerprint density at radius 3 is 2.58 bits per heavy atom. The molecule has 0 aliphatic carbocycles. The topological polar surface area (TPSA) is 72.2 Å². The zero-order valence-electron chi connectivity index (χ0n) is 13.7. The lowest BCUT2D eigenvalue weighted by Gasteiger charge is -2.11. The van der Waals surface area contributed by atoms with Crippen molar-refractivity contribution in [2.24, 2.45) is 5.92 Å². The molecule has 3 rings (SSSR count). The highest BCUT2D eigenvalue weighted by atomic mass is 19.1. The van der Waals surface area contributed by atoms with Crippen molar-refractivity contribution in [3.05, 3.63) is 48.3 Å². The summed E-state index contributed by atoms with van der Waals surface area (Å²) in [7, 11) is 0. The Balaban J connectivity index is 1.88. The highest BCUT2D eigenvalue weighted by Gasteiger charge is 2.17. The molecule has 6 nitrogen and oxygen atoms in total. The van der Waals surface area contributed by atoms with Crippen LogP contribution in [0.2, 0.25) is 0 Å². The second kappa shape index (κ2) is 6.35. The lowest BCUT2D eigenvalue weighted by molar-refractivity contribution is -0.124. The number of carbonyl (C=O) groups excluding carboxylic acids is 1. The Hall–Kier alpha value is -2.83. The third-order valence-electron chi connectivity index (χ3n) is 3.66. The maximum Gasteiger partial charge on any atom is 0.223 e. The summed E-state index contributed by atoms with van der Waals surface area (Å²) in [5.74, 6) is 0.0732. The second-order valence-corrected chi connectivity index (χ2v) is 5.94. The lowest BCUT2D eigenvalue weighted by atomic mass is 10.1. The van der Waals surface area contributed by atoms with Crippen molar-refractivity contribution < 1.29 is 9.18 Å². The van der Waals surface area contributed by atoms with Gasteiger partial charge in [-0.25, -0.2) is 18.9 Å². The molecule has 1 amide bonds. The molecule has 2 heterocycles. The van der Waals surface area contributed by atoms with E-state index >= 15 is 0 Å². The molecular formula is C17H18FN5O. The van der Waals surface area contributed by atoms with E-state index in [1.165, 1.54) is 12.1 Å². The van der Waals surface area contributed by atoms with Crippen LogP contribution in [0.15, 0.2) is 36.7 Å². The normalized spacial score (nSPS) is 12.5. The molecule has 0 radical (unpaired) electrons. The summed E-state index contributed by atoms with van der Waals surface area (Å²) < 4.78 is 14.6. The lowest BCUT2D eigenvalue weighted by Crippen LogP contribution is -2.30. The second-order valence-electron chi connectivity index (χ2n) is 5.94. The van der Waals surface area contributed by atoms with Crippen LogP contribution in [0.3, 0.4) is 0 Å². The Morgan fingerprint density at radius 1 is 1.21 bits per heavy atom. The maximum atomic E-state index is 13.0. The highest BCUT2D eigenvalue weighted by Crippen LogP contribution is 2.19. The molecule has 124 valence electrons. The van der Waals surface area contributed by atoms with Gasteiger partial charge in [-0.1, -0.05) is 13.8 Å². The average molecular weight is 327 g/mol. The summed E-state index contributed by atoms with van der Waals surface area (Å²) >= 11 is 0. The van der Waals surface area contributed by atoms with Gasteiger partial charge in [0.1, 0.15) is 12.1 Å². The van der Waals surface area contributed by atoms with Gasteiger partial charge in [0.2, 0.25) is 5.91 Å². The maximum absolute atomic E-state index is 13.0. The molecule has 0 aliphatic rings. The predicted octanol–water partition coefficient (Wildman–Crippen LogP) is 2.76. The van der Waals surface area contributed by atoms with Gasteiger partial charge in [0.25, 0.3) is 0 Å². The highest BCUT2D eigenvalue weighted by molar-refractivity contribution is 5.78. The van der Waals surface area contributed by atoms with Crippen molar-refractivity contribution in [2.45, 2.75) is 26.8 Å². The van der Waals surface area contributed by atoms with Gasteiger partial charge in [-0.15, -0.1) is 5.10 Å². The van der Waals surface area contributed by atoms with E-state index in [0.29, 0.717) is 17.2 Å². The van der Waals surface area contributed by atoms with Gasteiger partial charge in [-0.2, -0.15) is 0 Å². The smallest absolute Gasteiger partial charge is 0.223 e. The molecule has 0 saturated heterocycles. The minimum absolute atomic E-state index is 0.0496. The van der Waals surface area contributed by atoms with Gasteiger partial charge in [0.15, 0.2) is 11.5 Å². The number of benzene rings is 1. The molecule has 0 fully saturated rings. The van der Waals surface area contributed by atoms with E-state index in [4.69, 9.17) is 0 Å². The summed E-state index contributed by atoms with van der Waals surface area (Å²) in [6.45, 7) is 5.50. The van der Waals surface area contributed by atoms with Crippen LogP contribution in [0, 0.1) is 11.7 Å². The fraction of sp³-hybridized carbons (Fsp3) is 0.294. The van der Waals surface area contributed by atoms with E-state index < -0.39 is 0 Å². The van der Waals surface area contributed by atoms with Crippen molar-refractivity contribution in [3.8, 4) is 11.3 Å². The Bertz CT molecular complexity index is 872. The zero-order chi connectivity index (χ0) is 17.3. The van der Waals surface area contributed by atoms with Crippen molar-refractivity contribution in [3.63, 3.8) is 0 Å². The van der Waals surface area contributed by atoms with E-state index in [2.05, 4.69) is 20.4 Å². The van der Waals surface area contributed by atoms with Gasteiger partial charge in [-0.05, 0) is 31.2 Å². The van der Waals surface area contributed by atoms with E-state index in [9.17, 15) is 9.18 Å². The first-order chi connectivity index (χ1) is 11.4. The molecule has 1 atom stereocenters. The van der Waals surface area contributed by atoms with Gasteiger partial charge in [-0.3, -0.25) is 4.79 Å². The third kappa shape index (κ3) is 3.24. The number of nitrogens with zero attached hydrogens (tertiary/aromatic N) is 4. The molecule has 3 aromatic rings. The molecule has 0 aliphatic heterocycles. The summed E-state index contributed by atoms with van der Waals surface area (Å²) in [6.07, 6.45) is 1.56. The molecular weight excluding hydrogens is 309 g/mol. The minimum Gasteiger partial charge on any atom is -0.346 e. The molecule has 0 saturated carbocycles. The van der Waals surface area contributed by atoms with Crippen LogP contribution in [0.25, 0.3) is 16.9 Å². The Morgan fingerprint density at radius 2 is 1.92 bits per heavy atom. The zero-order valence-corrected chi connectivity index (χ0v) is 13.7. The fourth-order valence-electron chi connectivity index (χ4n) is 2.22. The summed E-state index contributed by atoms with van der Waals surface area (Å²) in [4.78, 5) is 20.6. The van der Waals surface area contributed by atoms with Gasteiger partial charge >= 0.3 is 0 Å². The van der Waals surface area contributed by atoms with Crippen LogP contribution in [-0.4, -0.2) is 25.5 Å². The molecule has 1 aromatic carbocycles.